The minimum absolute atomic E-state index is 0.398. The van der Waals surface area contributed by atoms with Gasteiger partial charge in [-0.3, -0.25) is 0 Å². The van der Waals surface area contributed by atoms with Gasteiger partial charge in [0.2, 0.25) is 0 Å². The summed E-state index contributed by atoms with van der Waals surface area (Å²) in [6, 6.07) is 7.75. The minimum atomic E-state index is 0.398. The van der Waals surface area contributed by atoms with E-state index in [2.05, 4.69) is 37.4 Å². The molecule has 20 heavy (non-hydrogen) atoms. The van der Waals surface area contributed by atoms with Gasteiger partial charge in [-0.2, -0.15) is 0 Å². The number of hydrogen-bond donors (Lipinski definition) is 1. The third-order valence-corrected chi connectivity index (χ3v) is 3.79. The van der Waals surface area contributed by atoms with Crippen LogP contribution in [0.3, 0.4) is 0 Å². The lowest BCUT2D eigenvalue weighted by atomic mass is 10.0. The Bertz CT molecular complexity index is 415. The number of benzene rings is 1. The summed E-state index contributed by atoms with van der Waals surface area (Å²) in [4.78, 5) is 0. The molecule has 0 heterocycles. The van der Waals surface area contributed by atoms with E-state index in [9.17, 15) is 0 Å². The van der Waals surface area contributed by atoms with E-state index in [4.69, 9.17) is 9.47 Å². The van der Waals surface area contributed by atoms with Crippen molar-refractivity contribution in [2.75, 3.05) is 20.3 Å². The van der Waals surface area contributed by atoms with Gasteiger partial charge in [-0.15, -0.1) is 0 Å². The topological polar surface area (TPSA) is 30.5 Å². The fraction of sp³-hybridized carbons (Fsp3) is 0.647. The maximum absolute atomic E-state index is 5.93. The van der Waals surface area contributed by atoms with Crippen molar-refractivity contribution in [3.05, 3.63) is 29.3 Å². The molecule has 1 atom stereocenters. The SMILES string of the molecule is CCc1ccc(C(C)NC2CC2)cc1OCCCOC. The van der Waals surface area contributed by atoms with Gasteiger partial charge in [0, 0.05) is 32.2 Å². The molecule has 1 aliphatic rings. The van der Waals surface area contributed by atoms with E-state index in [1.54, 1.807) is 7.11 Å². The maximum atomic E-state index is 5.93. The Balaban J connectivity index is 1.98. The quantitative estimate of drug-likeness (QED) is 0.701. The summed E-state index contributed by atoms with van der Waals surface area (Å²) < 4.78 is 11.0. The summed E-state index contributed by atoms with van der Waals surface area (Å²) in [7, 11) is 1.73. The number of hydrogen-bond acceptors (Lipinski definition) is 3. The maximum Gasteiger partial charge on any atom is 0.122 e. The van der Waals surface area contributed by atoms with E-state index in [0.29, 0.717) is 12.6 Å². The Morgan fingerprint density at radius 1 is 1.30 bits per heavy atom. The molecule has 1 aromatic rings. The molecule has 0 saturated heterocycles. The van der Waals surface area contributed by atoms with E-state index < -0.39 is 0 Å². The van der Waals surface area contributed by atoms with Crippen molar-refractivity contribution in [1.29, 1.82) is 0 Å². The molecule has 1 aliphatic carbocycles. The standard InChI is InChI=1S/C17H27NO2/c1-4-14-6-7-15(13(2)18-16-8-9-16)12-17(14)20-11-5-10-19-3/h6-7,12-13,16,18H,4-5,8-11H2,1-3H3. The van der Waals surface area contributed by atoms with E-state index in [-0.39, 0.29) is 0 Å². The van der Waals surface area contributed by atoms with Gasteiger partial charge in [0.15, 0.2) is 0 Å². The highest BCUT2D eigenvalue weighted by atomic mass is 16.5. The molecule has 1 aromatic carbocycles. The molecule has 3 heteroatoms. The van der Waals surface area contributed by atoms with Crippen molar-refractivity contribution in [3.63, 3.8) is 0 Å². The highest BCUT2D eigenvalue weighted by molar-refractivity contribution is 5.38. The average Bonchev–Trinajstić information content (AvgIpc) is 3.27. The molecule has 2 rings (SSSR count). The van der Waals surface area contributed by atoms with Crippen LogP contribution in [0.15, 0.2) is 18.2 Å². The van der Waals surface area contributed by atoms with E-state index in [1.807, 2.05) is 0 Å². The number of methoxy groups -OCH3 is 1. The van der Waals surface area contributed by atoms with Gasteiger partial charge in [-0.1, -0.05) is 19.1 Å². The van der Waals surface area contributed by atoms with Crippen molar-refractivity contribution in [3.8, 4) is 5.75 Å². The predicted octanol–water partition coefficient (Wildman–Crippen LogP) is 3.48. The lowest BCUT2D eigenvalue weighted by Gasteiger charge is -2.17. The number of nitrogens with one attached hydrogen (secondary N) is 1. The lowest BCUT2D eigenvalue weighted by Crippen LogP contribution is -2.20. The highest BCUT2D eigenvalue weighted by Crippen LogP contribution is 2.28. The summed E-state index contributed by atoms with van der Waals surface area (Å²) in [5.74, 6) is 1.03. The predicted molar refractivity (Wildman–Crippen MR) is 82.4 cm³/mol. The zero-order valence-corrected chi connectivity index (χ0v) is 12.9. The molecule has 0 bridgehead atoms. The molecule has 0 aromatic heterocycles. The van der Waals surface area contributed by atoms with Crippen LogP contribution in [-0.2, 0) is 11.2 Å². The van der Waals surface area contributed by atoms with Gasteiger partial charge in [0.05, 0.1) is 6.61 Å². The second-order valence-corrected chi connectivity index (χ2v) is 5.58. The second-order valence-electron chi connectivity index (χ2n) is 5.58. The van der Waals surface area contributed by atoms with E-state index >= 15 is 0 Å². The summed E-state index contributed by atoms with van der Waals surface area (Å²) in [6.07, 6.45) is 4.57. The third-order valence-electron chi connectivity index (χ3n) is 3.79. The molecule has 112 valence electrons. The van der Waals surface area contributed by atoms with Crippen LogP contribution in [0.2, 0.25) is 0 Å². The molecular weight excluding hydrogens is 250 g/mol. The van der Waals surface area contributed by atoms with Crippen molar-refractivity contribution in [2.24, 2.45) is 0 Å². The normalized spacial score (nSPS) is 16.1. The van der Waals surface area contributed by atoms with Crippen molar-refractivity contribution in [2.45, 2.75) is 51.6 Å². The third kappa shape index (κ3) is 4.50. The first kappa shape index (κ1) is 15.3. The summed E-state index contributed by atoms with van der Waals surface area (Å²) >= 11 is 0. The molecular formula is C17H27NO2. The average molecular weight is 277 g/mol. The minimum Gasteiger partial charge on any atom is -0.493 e. The summed E-state index contributed by atoms with van der Waals surface area (Å²) in [6.45, 7) is 5.87. The molecule has 0 aliphatic heterocycles. The van der Waals surface area contributed by atoms with E-state index in [1.165, 1.54) is 24.0 Å². The first-order chi connectivity index (χ1) is 9.74. The van der Waals surface area contributed by atoms with Crippen LogP contribution in [0.5, 0.6) is 5.75 Å². The molecule has 1 fully saturated rings. The van der Waals surface area contributed by atoms with Crippen LogP contribution < -0.4 is 10.1 Å². The summed E-state index contributed by atoms with van der Waals surface area (Å²) in [5.41, 5.74) is 2.60. The number of rotatable bonds is 9. The van der Waals surface area contributed by atoms with Crippen LogP contribution >= 0.6 is 0 Å². The smallest absolute Gasteiger partial charge is 0.122 e. The fourth-order valence-corrected chi connectivity index (χ4v) is 2.35. The van der Waals surface area contributed by atoms with Crippen molar-refractivity contribution < 1.29 is 9.47 Å². The lowest BCUT2D eigenvalue weighted by molar-refractivity contribution is 0.172. The zero-order valence-electron chi connectivity index (χ0n) is 12.9. The molecule has 0 amide bonds. The Kier molecular flexibility index (Phi) is 5.86. The van der Waals surface area contributed by atoms with Crippen LogP contribution in [0.1, 0.15) is 50.3 Å². The van der Waals surface area contributed by atoms with E-state index in [0.717, 1.165) is 31.2 Å². The Hall–Kier alpha value is -1.06. The van der Waals surface area contributed by atoms with Crippen LogP contribution in [0, 0.1) is 0 Å². The highest BCUT2D eigenvalue weighted by Gasteiger charge is 2.23. The van der Waals surface area contributed by atoms with Gasteiger partial charge < -0.3 is 14.8 Å². The Labute approximate surface area is 122 Å². The van der Waals surface area contributed by atoms with Gasteiger partial charge in [-0.05, 0) is 43.4 Å². The first-order valence-electron chi connectivity index (χ1n) is 7.75. The summed E-state index contributed by atoms with van der Waals surface area (Å²) in [5, 5.41) is 3.64. The monoisotopic (exact) mass is 277 g/mol. The Morgan fingerprint density at radius 2 is 2.10 bits per heavy atom. The molecule has 1 saturated carbocycles. The van der Waals surface area contributed by atoms with Crippen molar-refractivity contribution >= 4 is 0 Å². The number of ether oxygens (including phenoxy) is 2. The fourth-order valence-electron chi connectivity index (χ4n) is 2.35. The van der Waals surface area contributed by atoms with Crippen LogP contribution in [0.4, 0.5) is 0 Å². The largest absolute Gasteiger partial charge is 0.493 e. The van der Waals surface area contributed by atoms with Gasteiger partial charge in [0.1, 0.15) is 5.75 Å². The second kappa shape index (κ2) is 7.65. The van der Waals surface area contributed by atoms with Gasteiger partial charge >= 0.3 is 0 Å². The molecule has 0 radical (unpaired) electrons. The van der Waals surface area contributed by atoms with Crippen molar-refractivity contribution in [1.82, 2.24) is 5.32 Å². The zero-order chi connectivity index (χ0) is 14.4. The molecule has 0 spiro atoms. The van der Waals surface area contributed by atoms with Crippen LogP contribution in [0.25, 0.3) is 0 Å². The number of aryl methyl sites for hydroxylation is 1. The molecule has 1 N–H and O–H groups in total. The Morgan fingerprint density at radius 3 is 2.75 bits per heavy atom. The molecule has 3 nitrogen and oxygen atoms in total. The van der Waals surface area contributed by atoms with Gasteiger partial charge in [0.25, 0.3) is 0 Å². The molecule has 1 unspecified atom stereocenters. The first-order valence-corrected chi connectivity index (χ1v) is 7.75. The van der Waals surface area contributed by atoms with Crippen LogP contribution in [-0.4, -0.2) is 26.4 Å². The van der Waals surface area contributed by atoms with Gasteiger partial charge in [-0.25, -0.2) is 0 Å².